The van der Waals surface area contributed by atoms with E-state index >= 15 is 0 Å². The van der Waals surface area contributed by atoms with Crippen LogP contribution in [0.25, 0.3) is 11.0 Å². The van der Waals surface area contributed by atoms with Crippen molar-refractivity contribution in [3.05, 3.63) is 65.5 Å². The Balaban J connectivity index is 1.84. The van der Waals surface area contributed by atoms with Crippen LogP contribution in [0.15, 0.2) is 48.8 Å². The number of carbonyl (C=O) groups excluding carboxylic acids is 1. The molecular weight excluding hydrogens is 274 g/mol. The van der Waals surface area contributed by atoms with Crippen LogP contribution in [0.5, 0.6) is 0 Å². The number of amides is 1. The van der Waals surface area contributed by atoms with Crippen molar-refractivity contribution in [1.82, 2.24) is 9.55 Å². The molecule has 0 unspecified atom stereocenters. The van der Waals surface area contributed by atoms with Crippen LogP contribution in [0.1, 0.15) is 23.1 Å². The van der Waals surface area contributed by atoms with E-state index in [0.717, 1.165) is 23.1 Å². The number of benzene rings is 2. The fourth-order valence-electron chi connectivity index (χ4n) is 2.67. The van der Waals surface area contributed by atoms with Gasteiger partial charge in [-0.2, -0.15) is 0 Å². The number of primary amides is 1. The number of hydrogen-bond donors (Lipinski definition) is 1. The molecule has 0 fully saturated rings. The van der Waals surface area contributed by atoms with Crippen LogP contribution < -0.4 is 5.73 Å². The molecule has 0 saturated heterocycles. The van der Waals surface area contributed by atoms with Crippen LogP contribution in [-0.2, 0) is 17.8 Å². The van der Waals surface area contributed by atoms with Crippen molar-refractivity contribution in [2.24, 2.45) is 5.73 Å². The third-order valence-corrected chi connectivity index (χ3v) is 3.78. The summed E-state index contributed by atoms with van der Waals surface area (Å²) < 4.78 is 2.14. The first-order valence-electron chi connectivity index (χ1n) is 7.39. The smallest absolute Gasteiger partial charge is 0.217 e. The van der Waals surface area contributed by atoms with Crippen LogP contribution in [-0.4, -0.2) is 15.5 Å². The van der Waals surface area contributed by atoms with Gasteiger partial charge in [0, 0.05) is 13.0 Å². The molecule has 4 nitrogen and oxygen atoms in total. The highest BCUT2D eigenvalue weighted by Crippen LogP contribution is 2.18. The first kappa shape index (κ1) is 14.3. The minimum atomic E-state index is -0.273. The van der Waals surface area contributed by atoms with Crippen molar-refractivity contribution < 1.29 is 4.79 Å². The lowest BCUT2D eigenvalue weighted by Crippen LogP contribution is -2.11. The van der Waals surface area contributed by atoms with Gasteiger partial charge in [-0.1, -0.05) is 35.9 Å². The van der Waals surface area contributed by atoms with Crippen LogP contribution in [0, 0.1) is 6.92 Å². The van der Waals surface area contributed by atoms with Crippen LogP contribution in [0.3, 0.4) is 0 Å². The number of aromatic nitrogens is 2. The average Bonchev–Trinajstić information content (AvgIpc) is 2.87. The lowest BCUT2D eigenvalue weighted by Gasteiger charge is -2.06. The van der Waals surface area contributed by atoms with E-state index in [2.05, 4.69) is 46.8 Å². The molecule has 2 aromatic carbocycles. The second kappa shape index (κ2) is 6.02. The minimum Gasteiger partial charge on any atom is -0.370 e. The van der Waals surface area contributed by atoms with Gasteiger partial charge in [-0.05, 0) is 36.6 Å². The number of imidazole rings is 1. The maximum absolute atomic E-state index is 10.9. The number of nitrogens with zero attached hydrogens (tertiary/aromatic N) is 2. The lowest BCUT2D eigenvalue weighted by molar-refractivity contribution is -0.117. The topological polar surface area (TPSA) is 60.9 Å². The molecule has 0 aliphatic heterocycles. The van der Waals surface area contributed by atoms with Crippen molar-refractivity contribution in [1.29, 1.82) is 0 Å². The Kier molecular flexibility index (Phi) is 3.92. The van der Waals surface area contributed by atoms with E-state index in [0.29, 0.717) is 12.8 Å². The standard InChI is InChI=1S/C18H19N3O/c1-13-3-2-4-15(9-13)11-21-12-20-16-10-14(5-7-17(16)21)6-8-18(19)22/h2-5,7,9-10,12H,6,8,11H2,1H3,(H2,19,22). The van der Waals surface area contributed by atoms with Gasteiger partial charge < -0.3 is 10.3 Å². The summed E-state index contributed by atoms with van der Waals surface area (Å²) in [4.78, 5) is 15.3. The number of rotatable bonds is 5. The Hall–Kier alpha value is -2.62. The van der Waals surface area contributed by atoms with E-state index in [9.17, 15) is 4.79 Å². The van der Waals surface area contributed by atoms with Crippen molar-refractivity contribution in [3.8, 4) is 0 Å². The van der Waals surface area contributed by atoms with Gasteiger partial charge in [0.1, 0.15) is 0 Å². The SMILES string of the molecule is Cc1cccc(Cn2cnc3cc(CCC(N)=O)ccc32)c1. The molecule has 4 heteroatoms. The zero-order valence-corrected chi connectivity index (χ0v) is 12.6. The van der Waals surface area contributed by atoms with Crippen LogP contribution >= 0.6 is 0 Å². The number of hydrogen-bond acceptors (Lipinski definition) is 2. The summed E-state index contributed by atoms with van der Waals surface area (Å²) in [6.07, 6.45) is 2.90. The first-order valence-corrected chi connectivity index (χ1v) is 7.39. The molecule has 112 valence electrons. The molecule has 2 N–H and O–H groups in total. The molecule has 1 aromatic heterocycles. The molecule has 0 radical (unpaired) electrons. The molecule has 0 atom stereocenters. The molecular formula is C18H19N3O. The van der Waals surface area contributed by atoms with Crippen molar-refractivity contribution in [2.45, 2.75) is 26.3 Å². The highest BCUT2D eigenvalue weighted by Gasteiger charge is 2.05. The first-order chi connectivity index (χ1) is 10.6. The summed E-state index contributed by atoms with van der Waals surface area (Å²) in [5.74, 6) is -0.273. The second-order valence-corrected chi connectivity index (χ2v) is 5.65. The zero-order chi connectivity index (χ0) is 15.5. The van der Waals surface area contributed by atoms with E-state index in [1.165, 1.54) is 11.1 Å². The summed E-state index contributed by atoms with van der Waals surface area (Å²) in [6.45, 7) is 2.90. The van der Waals surface area contributed by atoms with Gasteiger partial charge in [0.25, 0.3) is 0 Å². The largest absolute Gasteiger partial charge is 0.370 e. The van der Waals surface area contributed by atoms with Crippen LogP contribution in [0.2, 0.25) is 0 Å². The summed E-state index contributed by atoms with van der Waals surface area (Å²) in [5.41, 5.74) is 10.9. The predicted molar refractivity (Wildman–Crippen MR) is 87.5 cm³/mol. The maximum Gasteiger partial charge on any atom is 0.217 e. The summed E-state index contributed by atoms with van der Waals surface area (Å²) in [5, 5.41) is 0. The molecule has 1 amide bonds. The molecule has 0 aliphatic rings. The molecule has 0 aliphatic carbocycles. The zero-order valence-electron chi connectivity index (χ0n) is 12.6. The van der Waals surface area contributed by atoms with E-state index in [4.69, 9.17) is 5.73 Å². The van der Waals surface area contributed by atoms with Gasteiger partial charge in [0.15, 0.2) is 0 Å². The average molecular weight is 293 g/mol. The summed E-state index contributed by atoms with van der Waals surface area (Å²) in [6, 6.07) is 14.6. The normalized spacial score (nSPS) is 11.0. The van der Waals surface area contributed by atoms with E-state index < -0.39 is 0 Å². The third kappa shape index (κ3) is 3.17. The van der Waals surface area contributed by atoms with Crippen LogP contribution in [0.4, 0.5) is 0 Å². The molecule has 1 heterocycles. The third-order valence-electron chi connectivity index (χ3n) is 3.78. The number of aryl methyl sites for hydroxylation is 2. The maximum atomic E-state index is 10.9. The Morgan fingerprint density at radius 1 is 1.18 bits per heavy atom. The molecule has 0 bridgehead atoms. The summed E-state index contributed by atoms with van der Waals surface area (Å²) >= 11 is 0. The number of nitrogens with two attached hydrogens (primary N) is 1. The van der Waals surface area contributed by atoms with E-state index in [1.807, 2.05) is 18.5 Å². The summed E-state index contributed by atoms with van der Waals surface area (Å²) in [7, 11) is 0. The van der Waals surface area contributed by atoms with Crippen molar-refractivity contribution in [3.63, 3.8) is 0 Å². The monoisotopic (exact) mass is 293 g/mol. The molecule has 0 saturated carbocycles. The lowest BCUT2D eigenvalue weighted by atomic mass is 10.1. The minimum absolute atomic E-state index is 0.273. The number of fused-ring (bicyclic) bond motifs is 1. The number of carbonyl (C=O) groups is 1. The fraction of sp³-hybridized carbons (Fsp3) is 0.222. The van der Waals surface area contributed by atoms with Gasteiger partial charge >= 0.3 is 0 Å². The van der Waals surface area contributed by atoms with Gasteiger partial charge in [0.2, 0.25) is 5.91 Å². The molecule has 22 heavy (non-hydrogen) atoms. The molecule has 0 spiro atoms. The van der Waals surface area contributed by atoms with Crippen molar-refractivity contribution in [2.75, 3.05) is 0 Å². The predicted octanol–water partition coefficient (Wildman–Crippen LogP) is 2.81. The Morgan fingerprint density at radius 3 is 2.82 bits per heavy atom. The van der Waals surface area contributed by atoms with Gasteiger partial charge in [-0.25, -0.2) is 4.98 Å². The highest BCUT2D eigenvalue weighted by molar-refractivity contribution is 5.77. The van der Waals surface area contributed by atoms with E-state index in [1.54, 1.807) is 0 Å². The second-order valence-electron chi connectivity index (χ2n) is 5.65. The Bertz CT molecular complexity index is 820. The van der Waals surface area contributed by atoms with Gasteiger partial charge in [0.05, 0.1) is 17.4 Å². The van der Waals surface area contributed by atoms with Crippen molar-refractivity contribution >= 4 is 16.9 Å². The quantitative estimate of drug-likeness (QED) is 0.786. The highest BCUT2D eigenvalue weighted by atomic mass is 16.1. The Morgan fingerprint density at radius 2 is 2.05 bits per heavy atom. The molecule has 3 rings (SSSR count). The van der Waals surface area contributed by atoms with Gasteiger partial charge in [-0.15, -0.1) is 0 Å². The fourth-order valence-corrected chi connectivity index (χ4v) is 2.67. The van der Waals surface area contributed by atoms with E-state index in [-0.39, 0.29) is 5.91 Å². The van der Waals surface area contributed by atoms with Gasteiger partial charge in [-0.3, -0.25) is 4.79 Å². The molecule has 3 aromatic rings. The Labute approximate surface area is 129 Å².